The van der Waals surface area contributed by atoms with Crippen molar-refractivity contribution in [2.75, 3.05) is 7.11 Å². The van der Waals surface area contributed by atoms with Gasteiger partial charge in [0.2, 0.25) is 0 Å². The van der Waals surface area contributed by atoms with Crippen LogP contribution in [-0.4, -0.2) is 31.4 Å². The fourth-order valence-electron chi connectivity index (χ4n) is 2.49. The molecule has 5 heteroatoms. The van der Waals surface area contributed by atoms with E-state index in [2.05, 4.69) is 10.8 Å². The SMILES string of the molecule is COC(=O)CCCc1ccccc1B1OC(C)(C)C(C)(C)O1. The van der Waals surface area contributed by atoms with Gasteiger partial charge in [0.1, 0.15) is 0 Å². The van der Waals surface area contributed by atoms with Gasteiger partial charge in [-0.3, -0.25) is 4.79 Å². The average molecular weight is 304 g/mol. The van der Waals surface area contributed by atoms with E-state index < -0.39 is 0 Å². The lowest BCUT2D eigenvalue weighted by molar-refractivity contribution is -0.140. The van der Waals surface area contributed by atoms with Gasteiger partial charge in [0.15, 0.2) is 0 Å². The van der Waals surface area contributed by atoms with E-state index in [1.54, 1.807) is 0 Å². The highest BCUT2D eigenvalue weighted by Gasteiger charge is 2.52. The first kappa shape index (κ1) is 17.0. The molecular formula is C17H25BO4. The van der Waals surface area contributed by atoms with Crippen LogP contribution in [0.1, 0.15) is 46.1 Å². The Hall–Kier alpha value is -1.33. The zero-order chi connectivity index (χ0) is 16.4. The first-order chi connectivity index (χ1) is 10.3. The Kier molecular flexibility index (Phi) is 4.98. The molecule has 0 aliphatic carbocycles. The van der Waals surface area contributed by atoms with Crippen LogP contribution < -0.4 is 5.46 Å². The zero-order valence-corrected chi connectivity index (χ0v) is 14.1. The standard InChI is InChI=1S/C17H25BO4/c1-16(2)17(3,4)22-18(21-16)14-11-7-6-9-13(14)10-8-12-15(19)20-5/h6-7,9,11H,8,10,12H2,1-5H3. The van der Waals surface area contributed by atoms with Crippen molar-refractivity contribution < 1.29 is 18.8 Å². The number of aryl methyl sites for hydroxylation is 1. The number of benzene rings is 1. The second kappa shape index (κ2) is 6.43. The molecule has 1 fully saturated rings. The van der Waals surface area contributed by atoms with Gasteiger partial charge in [-0.15, -0.1) is 0 Å². The van der Waals surface area contributed by atoms with Gasteiger partial charge < -0.3 is 14.0 Å². The number of rotatable bonds is 5. The van der Waals surface area contributed by atoms with Gasteiger partial charge in [0.05, 0.1) is 18.3 Å². The summed E-state index contributed by atoms with van der Waals surface area (Å²) in [5.41, 5.74) is 1.50. The van der Waals surface area contributed by atoms with Gasteiger partial charge in [-0.2, -0.15) is 0 Å². The second-order valence-electron chi connectivity index (χ2n) is 6.72. The Morgan fingerprint density at radius 1 is 1.14 bits per heavy atom. The van der Waals surface area contributed by atoms with Crippen molar-refractivity contribution in [3.63, 3.8) is 0 Å². The summed E-state index contributed by atoms with van der Waals surface area (Å²) in [5, 5.41) is 0. The smallest absolute Gasteiger partial charge is 0.469 e. The van der Waals surface area contributed by atoms with Gasteiger partial charge in [-0.25, -0.2) is 0 Å². The molecule has 22 heavy (non-hydrogen) atoms. The summed E-state index contributed by atoms with van der Waals surface area (Å²) in [6, 6.07) is 8.10. The Balaban J connectivity index is 2.11. The monoisotopic (exact) mass is 304 g/mol. The third kappa shape index (κ3) is 3.53. The Morgan fingerprint density at radius 2 is 1.73 bits per heavy atom. The molecule has 0 N–H and O–H groups in total. The summed E-state index contributed by atoms with van der Waals surface area (Å²) in [4.78, 5) is 11.2. The summed E-state index contributed by atoms with van der Waals surface area (Å²) in [7, 11) is 1.06. The molecule has 1 aromatic carbocycles. The molecule has 0 radical (unpaired) electrons. The molecule has 0 aromatic heterocycles. The minimum atomic E-state index is -0.362. The summed E-state index contributed by atoms with van der Waals surface area (Å²) in [6.07, 6.45) is 1.98. The van der Waals surface area contributed by atoms with E-state index in [-0.39, 0.29) is 24.3 Å². The number of methoxy groups -OCH3 is 1. The van der Waals surface area contributed by atoms with E-state index in [0.717, 1.165) is 23.9 Å². The van der Waals surface area contributed by atoms with E-state index >= 15 is 0 Å². The Labute approximate surface area is 133 Å². The molecule has 1 aromatic rings. The average Bonchev–Trinajstić information content (AvgIpc) is 2.67. The quantitative estimate of drug-likeness (QED) is 0.619. The normalized spacial score (nSPS) is 19.2. The van der Waals surface area contributed by atoms with Gasteiger partial charge in [-0.05, 0) is 51.6 Å². The highest BCUT2D eigenvalue weighted by molar-refractivity contribution is 6.62. The molecule has 0 atom stereocenters. The summed E-state index contributed by atoms with van der Waals surface area (Å²) in [5.74, 6) is -0.173. The third-order valence-electron chi connectivity index (χ3n) is 4.62. The van der Waals surface area contributed by atoms with Gasteiger partial charge in [0, 0.05) is 6.42 Å². The molecule has 0 bridgehead atoms. The predicted octanol–water partition coefficient (Wildman–Crippen LogP) is 2.48. The maximum atomic E-state index is 11.2. The van der Waals surface area contributed by atoms with Crippen molar-refractivity contribution in [3.05, 3.63) is 29.8 Å². The van der Waals surface area contributed by atoms with Crippen LogP contribution in [0.4, 0.5) is 0 Å². The third-order valence-corrected chi connectivity index (χ3v) is 4.62. The molecule has 0 saturated carbocycles. The number of hydrogen-bond acceptors (Lipinski definition) is 4. The molecule has 120 valence electrons. The number of carbonyl (C=O) groups is 1. The lowest BCUT2D eigenvalue weighted by Gasteiger charge is -2.32. The zero-order valence-electron chi connectivity index (χ0n) is 14.1. The van der Waals surface area contributed by atoms with Crippen molar-refractivity contribution in [1.82, 2.24) is 0 Å². The van der Waals surface area contributed by atoms with E-state index in [1.807, 2.05) is 45.9 Å². The fraction of sp³-hybridized carbons (Fsp3) is 0.588. The molecular weight excluding hydrogens is 279 g/mol. The number of esters is 1. The van der Waals surface area contributed by atoms with Crippen molar-refractivity contribution >= 4 is 18.6 Å². The van der Waals surface area contributed by atoms with Crippen molar-refractivity contribution in [2.45, 2.75) is 58.2 Å². The summed E-state index contributed by atoms with van der Waals surface area (Å²) < 4.78 is 16.9. The lowest BCUT2D eigenvalue weighted by Crippen LogP contribution is -2.41. The molecule has 0 amide bonds. The molecule has 1 aliphatic rings. The van der Waals surface area contributed by atoms with E-state index in [0.29, 0.717) is 6.42 Å². The minimum absolute atomic E-state index is 0.173. The number of ether oxygens (including phenoxy) is 1. The molecule has 0 spiro atoms. The van der Waals surface area contributed by atoms with Crippen LogP contribution in [-0.2, 0) is 25.3 Å². The van der Waals surface area contributed by atoms with E-state index in [4.69, 9.17) is 9.31 Å². The van der Waals surface area contributed by atoms with E-state index in [9.17, 15) is 4.79 Å². The lowest BCUT2D eigenvalue weighted by atomic mass is 9.75. The molecule has 0 unspecified atom stereocenters. The first-order valence-electron chi connectivity index (χ1n) is 7.77. The number of hydrogen-bond donors (Lipinski definition) is 0. The molecule has 1 heterocycles. The van der Waals surface area contributed by atoms with Gasteiger partial charge >= 0.3 is 13.1 Å². The molecule has 1 saturated heterocycles. The summed E-state index contributed by atoms with van der Waals surface area (Å²) in [6.45, 7) is 8.19. The molecule has 2 rings (SSSR count). The van der Waals surface area contributed by atoms with E-state index in [1.165, 1.54) is 7.11 Å². The highest BCUT2D eigenvalue weighted by atomic mass is 16.7. The van der Waals surface area contributed by atoms with Crippen molar-refractivity contribution in [3.8, 4) is 0 Å². The largest absolute Gasteiger partial charge is 0.495 e. The van der Waals surface area contributed by atoms with Gasteiger partial charge in [0.25, 0.3) is 0 Å². The van der Waals surface area contributed by atoms with Crippen LogP contribution in [0.2, 0.25) is 0 Å². The van der Waals surface area contributed by atoms with Gasteiger partial charge in [-0.1, -0.05) is 24.3 Å². The summed E-state index contributed by atoms with van der Waals surface area (Å²) >= 11 is 0. The Bertz CT molecular complexity index is 523. The van der Waals surface area contributed by atoms with Crippen molar-refractivity contribution in [2.24, 2.45) is 0 Å². The predicted molar refractivity (Wildman–Crippen MR) is 87.1 cm³/mol. The maximum Gasteiger partial charge on any atom is 0.495 e. The minimum Gasteiger partial charge on any atom is -0.469 e. The van der Waals surface area contributed by atoms with Crippen LogP contribution in [0, 0.1) is 0 Å². The Morgan fingerprint density at radius 3 is 2.32 bits per heavy atom. The number of carbonyl (C=O) groups excluding carboxylic acids is 1. The van der Waals surface area contributed by atoms with Crippen LogP contribution in [0.5, 0.6) is 0 Å². The topological polar surface area (TPSA) is 44.8 Å². The second-order valence-corrected chi connectivity index (χ2v) is 6.72. The fourth-order valence-corrected chi connectivity index (χ4v) is 2.49. The molecule has 4 nitrogen and oxygen atoms in total. The van der Waals surface area contributed by atoms with Crippen LogP contribution in [0.3, 0.4) is 0 Å². The maximum absolute atomic E-state index is 11.2. The van der Waals surface area contributed by atoms with Crippen LogP contribution >= 0.6 is 0 Å². The van der Waals surface area contributed by atoms with Crippen LogP contribution in [0.25, 0.3) is 0 Å². The first-order valence-corrected chi connectivity index (χ1v) is 7.77. The van der Waals surface area contributed by atoms with Crippen molar-refractivity contribution in [1.29, 1.82) is 0 Å². The highest BCUT2D eigenvalue weighted by Crippen LogP contribution is 2.36. The van der Waals surface area contributed by atoms with Crippen LogP contribution in [0.15, 0.2) is 24.3 Å². The molecule has 1 aliphatic heterocycles.